The Morgan fingerprint density at radius 2 is 1.96 bits per heavy atom. The average Bonchev–Trinajstić information content (AvgIpc) is 2.49. The maximum atomic E-state index is 12.5. The van der Waals surface area contributed by atoms with Crippen LogP contribution in [0.25, 0.3) is 0 Å². The van der Waals surface area contributed by atoms with Gasteiger partial charge in [0.1, 0.15) is 5.54 Å². The van der Waals surface area contributed by atoms with Crippen molar-refractivity contribution in [1.82, 2.24) is 5.32 Å². The molecular formula is C17H25Cl3N2O2. The third-order valence-corrected chi connectivity index (χ3v) is 5.67. The molecule has 2 atom stereocenters. The molecule has 1 aromatic rings. The van der Waals surface area contributed by atoms with Gasteiger partial charge in [-0.05, 0) is 31.0 Å². The molecule has 4 nitrogen and oxygen atoms in total. The smallest absolute Gasteiger partial charge is 0.240 e. The Balaban J connectivity index is 0.00000288. The van der Waals surface area contributed by atoms with E-state index in [9.17, 15) is 4.79 Å². The van der Waals surface area contributed by atoms with Gasteiger partial charge in [-0.25, -0.2) is 0 Å². The molecule has 0 saturated heterocycles. The maximum Gasteiger partial charge on any atom is 0.240 e. The molecule has 2 unspecified atom stereocenters. The molecule has 1 amide bonds. The van der Waals surface area contributed by atoms with Crippen molar-refractivity contribution in [3.05, 3.63) is 33.8 Å². The monoisotopic (exact) mass is 394 g/mol. The first-order valence-electron chi connectivity index (χ1n) is 7.85. The van der Waals surface area contributed by atoms with Crippen molar-refractivity contribution < 1.29 is 9.53 Å². The molecule has 1 fully saturated rings. The maximum absolute atomic E-state index is 12.5. The molecule has 24 heavy (non-hydrogen) atoms. The summed E-state index contributed by atoms with van der Waals surface area (Å²) in [7, 11) is 0. The van der Waals surface area contributed by atoms with Gasteiger partial charge in [0, 0.05) is 35.0 Å². The van der Waals surface area contributed by atoms with Gasteiger partial charge in [0.25, 0.3) is 0 Å². The van der Waals surface area contributed by atoms with Crippen LogP contribution in [-0.2, 0) is 16.0 Å². The Morgan fingerprint density at radius 1 is 1.38 bits per heavy atom. The van der Waals surface area contributed by atoms with Crippen molar-refractivity contribution in [2.45, 2.75) is 45.3 Å². The average molecular weight is 396 g/mol. The van der Waals surface area contributed by atoms with E-state index in [4.69, 9.17) is 33.7 Å². The largest absolute Gasteiger partial charge is 0.378 e. The van der Waals surface area contributed by atoms with Gasteiger partial charge in [0.2, 0.25) is 5.91 Å². The van der Waals surface area contributed by atoms with E-state index in [1.165, 1.54) is 0 Å². The van der Waals surface area contributed by atoms with Gasteiger partial charge in [-0.3, -0.25) is 4.79 Å². The summed E-state index contributed by atoms with van der Waals surface area (Å²) in [5, 5.41) is 4.12. The summed E-state index contributed by atoms with van der Waals surface area (Å²) in [6, 6.07) is 5.37. The minimum Gasteiger partial charge on any atom is -0.378 e. The van der Waals surface area contributed by atoms with E-state index in [2.05, 4.69) is 5.32 Å². The molecule has 1 aliphatic carbocycles. The zero-order valence-corrected chi connectivity index (χ0v) is 16.5. The molecule has 0 radical (unpaired) electrons. The number of rotatable bonds is 6. The van der Waals surface area contributed by atoms with Gasteiger partial charge in [-0.2, -0.15) is 0 Å². The van der Waals surface area contributed by atoms with Crippen LogP contribution in [0.2, 0.25) is 10.0 Å². The van der Waals surface area contributed by atoms with Crippen LogP contribution in [0.5, 0.6) is 0 Å². The first-order valence-corrected chi connectivity index (χ1v) is 8.61. The highest BCUT2D eigenvalue weighted by Gasteiger charge is 2.62. The molecule has 7 heteroatoms. The highest BCUT2D eigenvalue weighted by Crippen LogP contribution is 2.49. The Kier molecular flexibility index (Phi) is 7.39. The number of carbonyl (C=O) groups is 1. The predicted molar refractivity (Wildman–Crippen MR) is 101 cm³/mol. The van der Waals surface area contributed by atoms with Crippen molar-refractivity contribution in [1.29, 1.82) is 0 Å². The van der Waals surface area contributed by atoms with Crippen LogP contribution in [0.3, 0.4) is 0 Å². The van der Waals surface area contributed by atoms with Gasteiger partial charge >= 0.3 is 0 Å². The predicted octanol–water partition coefficient (Wildman–Crippen LogP) is 3.61. The highest BCUT2D eigenvalue weighted by atomic mass is 35.5. The van der Waals surface area contributed by atoms with Crippen LogP contribution < -0.4 is 11.1 Å². The second kappa shape index (κ2) is 8.24. The molecule has 0 aliphatic heterocycles. The zero-order valence-electron chi connectivity index (χ0n) is 14.2. The van der Waals surface area contributed by atoms with Crippen molar-refractivity contribution in [2.24, 2.45) is 11.1 Å². The van der Waals surface area contributed by atoms with E-state index in [0.717, 1.165) is 5.56 Å². The number of halogens is 3. The molecule has 1 aliphatic rings. The van der Waals surface area contributed by atoms with E-state index in [-0.39, 0.29) is 24.4 Å². The molecule has 2 rings (SSSR count). The summed E-state index contributed by atoms with van der Waals surface area (Å²) in [6.07, 6.45) is 1.11. The number of nitrogens with two attached hydrogens (primary N) is 1. The molecule has 1 saturated carbocycles. The number of nitrogens with one attached hydrogen (secondary N) is 1. The van der Waals surface area contributed by atoms with Crippen molar-refractivity contribution >= 4 is 41.5 Å². The third kappa shape index (κ3) is 3.83. The first kappa shape index (κ1) is 21.5. The molecular weight excluding hydrogens is 371 g/mol. The molecule has 0 heterocycles. The molecule has 0 aromatic heterocycles. The van der Waals surface area contributed by atoms with E-state index in [0.29, 0.717) is 36.0 Å². The second-order valence-electron chi connectivity index (χ2n) is 6.55. The van der Waals surface area contributed by atoms with Gasteiger partial charge in [0.15, 0.2) is 0 Å². The lowest BCUT2D eigenvalue weighted by atomic mass is 9.54. The van der Waals surface area contributed by atoms with Crippen LogP contribution in [0.15, 0.2) is 18.2 Å². The Bertz CT molecular complexity index is 575. The highest BCUT2D eigenvalue weighted by molar-refractivity contribution is 6.36. The standard InChI is InChI=1S/C17H24Cl2N2O2.ClH/c1-4-23-14-10-17(20,16(14,2)3)15(22)21-9-8-11-12(18)6-5-7-13(11)19;/h5-7,14H,4,8-10,20H2,1-3H3,(H,21,22);1H. The minimum atomic E-state index is -0.906. The molecule has 0 bridgehead atoms. The minimum absolute atomic E-state index is 0. The Morgan fingerprint density at radius 3 is 2.46 bits per heavy atom. The number of hydrogen-bond donors (Lipinski definition) is 2. The molecule has 136 valence electrons. The second-order valence-corrected chi connectivity index (χ2v) is 7.36. The fourth-order valence-electron chi connectivity index (χ4n) is 3.05. The van der Waals surface area contributed by atoms with Gasteiger partial charge in [0.05, 0.1) is 6.10 Å². The summed E-state index contributed by atoms with van der Waals surface area (Å²) >= 11 is 12.3. The van der Waals surface area contributed by atoms with Gasteiger partial charge < -0.3 is 15.8 Å². The van der Waals surface area contributed by atoms with Crippen LogP contribution in [0.4, 0.5) is 0 Å². The summed E-state index contributed by atoms with van der Waals surface area (Å²) in [5.41, 5.74) is 5.88. The van der Waals surface area contributed by atoms with E-state index >= 15 is 0 Å². The first-order chi connectivity index (χ1) is 10.7. The molecule has 3 N–H and O–H groups in total. The van der Waals surface area contributed by atoms with Crippen LogP contribution >= 0.6 is 35.6 Å². The topological polar surface area (TPSA) is 64.3 Å². The van der Waals surface area contributed by atoms with Gasteiger partial charge in [-0.15, -0.1) is 12.4 Å². The zero-order chi connectivity index (χ0) is 17.3. The summed E-state index contributed by atoms with van der Waals surface area (Å²) in [5.74, 6) is -0.151. The number of hydrogen-bond acceptors (Lipinski definition) is 3. The van der Waals surface area contributed by atoms with E-state index in [1.54, 1.807) is 18.2 Å². The number of amides is 1. The SMILES string of the molecule is CCOC1CC(N)(C(=O)NCCc2c(Cl)cccc2Cl)C1(C)C.Cl. The van der Waals surface area contributed by atoms with Crippen molar-refractivity contribution in [2.75, 3.05) is 13.2 Å². The summed E-state index contributed by atoms with van der Waals surface area (Å²) < 4.78 is 5.65. The van der Waals surface area contributed by atoms with Crippen LogP contribution in [0.1, 0.15) is 32.8 Å². The number of ether oxygens (including phenoxy) is 1. The van der Waals surface area contributed by atoms with Gasteiger partial charge in [-0.1, -0.05) is 43.1 Å². The van der Waals surface area contributed by atoms with E-state index in [1.807, 2.05) is 20.8 Å². The molecule has 1 aromatic carbocycles. The lowest BCUT2D eigenvalue weighted by Gasteiger charge is -2.57. The normalized spacial score (nSPS) is 24.7. The van der Waals surface area contributed by atoms with Crippen molar-refractivity contribution in [3.63, 3.8) is 0 Å². The Hall–Kier alpha value is -0.520. The fraction of sp³-hybridized carbons (Fsp3) is 0.588. The van der Waals surface area contributed by atoms with Crippen molar-refractivity contribution in [3.8, 4) is 0 Å². The number of benzene rings is 1. The fourth-order valence-corrected chi connectivity index (χ4v) is 3.64. The Labute approximate surface area is 159 Å². The van der Waals surface area contributed by atoms with Crippen LogP contribution in [-0.4, -0.2) is 30.7 Å². The lowest BCUT2D eigenvalue weighted by Crippen LogP contribution is -2.75. The summed E-state index contributed by atoms with van der Waals surface area (Å²) in [4.78, 5) is 12.5. The third-order valence-electron chi connectivity index (χ3n) is 4.96. The molecule has 0 spiro atoms. The summed E-state index contributed by atoms with van der Waals surface area (Å²) in [6.45, 7) is 6.95. The van der Waals surface area contributed by atoms with Crippen LogP contribution in [0, 0.1) is 5.41 Å². The quantitative estimate of drug-likeness (QED) is 0.773. The van der Waals surface area contributed by atoms with E-state index < -0.39 is 11.0 Å². The number of carbonyl (C=O) groups excluding carboxylic acids is 1. The lowest BCUT2D eigenvalue weighted by molar-refractivity contribution is -0.170.